The van der Waals surface area contributed by atoms with Crippen molar-refractivity contribution in [3.63, 3.8) is 0 Å². The Morgan fingerprint density at radius 1 is 0.952 bits per heavy atom. The molecule has 0 bridgehead atoms. The second-order valence-corrected chi connectivity index (χ2v) is 7.01. The van der Waals surface area contributed by atoms with E-state index < -0.39 is 0 Å². The lowest BCUT2D eigenvalue weighted by atomic mass is 9.79. The molecule has 108 valence electrons. The van der Waals surface area contributed by atoms with Crippen LogP contribution in [0.1, 0.15) is 50.8 Å². The predicted octanol–water partition coefficient (Wildman–Crippen LogP) is 6.00. The van der Waals surface area contributed by atoms with Gasteiger partial charge < -0.3 is 0 Å². The first-order chi connectivity index (χ1) is 10.0. The maximum Gasteiger partial charge on any atom is -0.00577 e. The van der Waals surface area contributed by atoms with Gasteiger partial charge in [0.05, 0.1) is 0 Å². The van der Waals surface area contributed by atoms with Crippen LogP contribution in [0.15, 0.2) is 48.0 Å². The molecule has 1 aliphatic carbocycles. The third-order valence-corrected chi connectivity index (χ3v) is 4.43. The van der Waals surface area contributed by atoms with Gasteiger partial charge in [0.1, 0.15) is 0 Å². The van der Waals surface area contributed by atoms with Crippen molar-refractivity contribution in [1.82, 2.24) is 0 Å². The van der Waals surface area contributed by atoms with Crippen LogP contribution in [0.4, 0.5) is 0 Å². The first-order valence-corrected chi connectivity index (χ1v) is 7.92. The van der Waals surface area contributed by atoms with Gasteiger partial charge in [0.25, 0.3) is 0 Å². The zero-order valence-electron chi connectivity index (χ0n) is 13.5. The zero-order chi connectivity index (χ0) is 15.0. The molecular weight excluding hydrogens is 252 g/mol. The number of benzene rings is 2. The summed E-state index contributed by atoms with van der Waals surface area (Å²) in [5, 5.41) is 0. The molecule has 1 aliphatic rings. The van der Waals surface area contributed by atoms with Gasteiger partial charge in [0.2, 0.25) is 0 Å². The monoisotopic (exact) mass is 276 g/mol. The summed E-state index contributed by atoms with van der Waals surface area (Å²) in [6.45, 7) is 9.17. The van der Waals surface area contributed by atoms with Crippen molar-refractivity contribution in [2.75, 3.05) is 0 Å². The molecule has 3 rings (SSSR count). The molecule has 0 aromatic heterocycles. The first kappa shape index (κ1) is 14.1. The molecule has 0 radical (unpaired) electrons. The Morgan fingerprint density at radius 3 is 2.29 bits per heavy atom. The van der Waals surface area contributed by atoms with E-state index in [4.69, 9.17) is 0 Å². The van der Waals surface area contributed by atoms with Crippen molar-refractivity contribution in [2.45, 2.75) is 46.0 Å². The van der Waals surface area contributed by atoms with Gasteiger partial charge in [-0.25, -0.2) is 0 Å². The van der Waals surface area contributed by atoms with Gasteiger partial charge in [-0.1, -0.05) is 81.8 Å². The Labute approximate surface area is 128 Å². The molecule has 0 heteroatoms. The maximum absolute atomic E-state index is 2.42. The molecule has 2 aromatic carbocycles. The average Bonchev–Trinajstić information content (AvgIpc) is 2.89. The number of hydrogen-bond acceptors (Lipinski definition) is 0. The van der Waals surface area contributed by atoms with Crippen LogP contribution in [0.2, 0.25) is 0 Å². The third-order valence-electron chi connectivity index (χ3n) is 4.43. The second-order valence-electron chi connectivity index (χ2n) is 7.01. The molecule has 0 saturated heterocycles. The Balaban J connectivity index is 2.29. The standard InChI is InChI=1S/C21H24/c1-5-15-13-17-11-12-19(21(2,3)4)20(18(17)14-15)16-9-7-6-8-10-16/h6-12,14H,5,13H2,1-4H3. The number of allylic oxidation sites excluding steroid dienone is 1. The molecule has 0 saturated carbocycles. The molecule has 0 N–H and O–H groups in total. The van der Waals surface area contributed by atoms with Crippen molar-refractivity contribution in [1.29, 1.82) is 0 Å². The van der Waals surface area contributed by atoms with E-state index >= 15 is 0 Å². The van der Waals surface area contributed by atoms with Crippen LogP contribution in [-0.2, 0) is 11.8 Å². The Morgan fingerprint density at radius 2 is 1.67 bits per heavy atom. The van der Waals surface area contributed by atoms with E-state index in [1.54, 1.807) is 5.57 Å². The van der Waals surface area contributed by atoms with Crippen LogP contribution < -0.4 is 0 Å². The van der Waals surface area contributed by atoms with Gasteiger partial charge in [0.15, 0.2) is 0 Å². The zero-order valence-corrected chi connectivity index (χ0v) is 13.5. The largest absolute Gasteiger partial charge is 0.0655 e. The molecule has 0 aliphatic heterocycles. The summed E-state index contributed by atoms with van der Waals surface area (Å²) in [6, 6.07) is 15.5. The molecule has 0 atom stereocenters. The van der Waals surface area contributed by atoms with Crippen LogP contribution in [0.5, 0.6) is 0 Å². The smallest absolute Gasteiger partial charge is 0.00577 e. The first-order valence-electron chi connectivity index (χ1n) is 7.92. The van der Waals surface area contributed by atoms with Crippen LogP contribution in [-0.4, -0.2) is 0 Å². The highest BCUT2D eigenvalue weighted by Gasteiger charge is 2.24. The van der Waals surface area contributed by atoms with Crippen molar-refractivity contribution in [2.24, 2.45) is 0 Å². The summed E-state index contributed by atoms with van der Waals surface area (Å²) < 4.78 is 0. The average molecular weight is 276 g/mol. The van der Waals surface area contributed by atoms with E-state index in [0.29, 0.717) is 0 Å². The highest BCUT2D eigenvalue weighted by atomic mass is 14.3. The van der Waals surface area contributed by atoms with Gasteiger partial charge in [0, 0.05) is 0 Å². The quantitative estimate of drug-likeness (QED) is 0.631. The Bertz CT molecular complexity index is 682. The summed E-state index contributed by atoms with van der Waals surface area (Å²) >= 11 is 0. The molecule has 0 heterocycles. The minimum atomic E-state index is 0.156. The Kier molecular flexibility index (Phi) is 3.49. The lowest BCUT2D eigenvalue weighted by molar-refractivity contribution is 0.591. The fraction of sp³-hybridized carbons (Fsp3) is 0.333. The lowest BCUT2D eigenvalue weighted by Gasteiger charge is -2.25. The molecule has 0 fully saturated rings. The van der Waals surface area contributed by atoms with Gasteiger partial charge in [-0.2, -0.15) is 0 Å². The van der Waals surface area contributed by atoms with Crippen LogP contribution in [0.3, 0.4) is 0 Å². The van der Waals surface area contributed by atoms with Gasteiger partial charge in [-0.3, -0.25) is 0 Å². The minimum Gasteiger partial charge on any atom is -0.0655 e. The highest BCUT2D eigenvalue weighted by molar-refractivity contribution is 5.83. The van der Waals surface area contributed by atoms with E-state index in [9.17, 15) is 0 Å². The van der Waals surface area contributed by atoms with Crippen molar-refractivity contribution >= 4 is 6.08 Å². The summed E-state index contributed by atoms with van der Waals surface area (Å²) in [5.41, 5.74) is 8.86. The normalized spacial score (nSPS) is 14.0. The SMILES string of the molecule is CCC1=Cc2c(ccc(C(C)(C)C)c2-c2ccccc2)C1. The lowest BCUT2D eigenvalue weighted by Crippen LogP contribution is -2.13. The van der Waals surface area contributed by atoms with Crippen molar-refractivity contribution in [3.05, 3.63) is 64.7 Å². The molecular formula is C21H24. The van der Waals surface area contributed by atoms with Crippen LogP contribution >= 0.6 is 0 Å². The second kappa shape index (κ2) is 5.18. The molecule has 2 aromatic rings. The maximum atomic E-state index is 2.42. The van der Waals surface area contributed by atoms with Crippen LogP contribution in [0, 0.1) is 0 Å². The summed E-state index contributed by atoms with van der Waals surface area (Å²) in [5.74, 6) is 0. The topological polar surface area (TPSA) is 0 Å². The van der Waals surface area contributed by atoms with Crippen molar-refractivity contribution < 1.29 is 0 Å². The van der Waals surface area contributed by atoms with E-state index in [1.807, 2.05) is 0 Å². The molecule has 0 nitrogen and oxygen atoms in total. The molecule has 0 spiro atoms. The highest BCUT2D eigenvalue weighted by Crippen LogP contribution is 2.41. The Hall–Kier alpha value is -1.82. The van der Waals surface area contributed by atoms with E-state index in [-0.39, 0.29) is 5.41 Å². The summed E-state index contributed by atoms with van der Waals surface area (Å²) in [7, 11) is 0. The molecule has 0 amide bonds. The van der Waals surface area contributed by atoms with Gasteiger partial charge in [-0.05, 0) is 46.1 Å². The number of hydrogen-bond donors (Lipinski definition) is 0. The molecule has 0 unspecified atom stereocenters. The summed E-state index contributed by atoms with van der Waals surface area (Å²) in [6.07, 6.45) is 4.69. The van der Waals surface area contributed by atoms with Gasteiger partial charge >= 0.3 is 0 Å². The van der Waals surface area contributed by atoms with E-state index in [2.05, 4.69) is 76.2 Å². The fourth-order valence-electron chi connectivity index (χ4n) is 3.25. The van der Waals surface area contributed by atoms with E-state index in [0.717, 1.165) is 12.8 Å². The number of rotatable bonds is 2. The van der Waals surface area contributed by atoms with Crippen molar-refractivity contribution in [3.8, 4) is 11.1 Å². The molecule has 21 heavy (non-hydrogen) atoms. The van der Waals surface area contributed by atoms with Gasteiger partial charge in [-0.15, -0.1) is 0 Å². The number of fused-ring (bicyclic) bond motifs is 1. The fourth-order valence-corrected chi connectivity index (χ4v) is 3.25. The minimum absolute atomic E-state index is 0.156. The van der Waals surface area contributed by atoms with Crippen LogP contribution in [0.25, 0.3) is 17.2 Å². The van der Waals surface area contributed by atoms with E-state index in [1.165, 1.54) is 27.8 Å². The third kappa shape index (κ3) is 2.55. The predicted molar refractivity (Wildman–Crippen MR) is 92.6 cm³/mol. The summed E-state index contributed by atoms with van der Waals surface area (Å²) in [4.78, 5) is 0.